The van der Waals surface area contributed by atoms with Crippen LogP contribution < -0.4 is 15.7 Å². The number of hydrogen-bond donors (Lipinski definition) is 2. The van der Waals surface area contributed by atoms with Crippen molar-refractivity contribution < 1.29 is 17.6 Å². The molecule has 0 bridgehead atoms. The molecule has 3 rings (SSSR count). The topological polar surface area (TPSA) is 105 Å². The van der Waals surface area contributed by atoms with E-state index in [4.69, 9.17) is 4.42 Å². The smallest absolute Gasteiger partial charge is 0.349 e. The summed E-state index contributed by atoms with van der Waals surface area (Å²) in [6.45, 7) is 0. The number of carbonyl (C=O) groups is 1. The number of rotatable bonds is 4. The molecule has 1 heterocycles. The van der Waals surface area contributed by atoms with Crippen molar-refractivity contribution in [3.05, 3.63) is 70.6 Å². The number of hydrogen-bond acceptors (Lipinski definition) is 5. The van der Waals surface area contributed by atoms with Crippen molar-refractivity contribution in [2.45, 2.75) is 0 Å². The molecule has 0 atom stereocenters. The third-order valence-electron chi connectivity index (χ3n) is 3.31. The SMILES string of the molecule is CS(=O)(=O)Nc1cccc(NC(=O)c2cc3ccccc3oc2=O)c1. The third kappa shape index (κ3) is 4.04. The fourth-order valence-electron chi connectivity index (χ4n) is 2.29. The minimum Gasteiger partial charge on any atom is -0.422 e. The number of para-hydroxylation sites is 1. The van der Waals surface area contributed by atoms with Gasteiger partial charge in [-0.15, -0.1) is 0 Å². The number of amides is 1. The molecule has 25 heavy (non-hydrogen) atoms. The molecule has 0 radical (unpaired) electrons. The second-order valence-corrected chi connectivity index (χ2v) is 7.14. The van der Waals surface area contributed by atoms with Crippen LogP contribution in [0.3, 0.4) is 0 Å². The van der Waals surface area contributed by atoms with E-state index in [-0.39, 0.29) is 5.56 Å². The van der Waals surface area contributed by atoms with Crippen molar-refractivity contribution in [3.63, 3.8) is 0 Å². The molecule has 0 aliphatic rings. The molecule has 0 aliphatic heterocycles. The van der Waals surface area contributed by atoms with Gasteiger partial charge >= 0.3 is 5.63 Å². The van der Waals surface area contributed by atoms with Gasteiger partial charge in [0.1, 0.15) is 11.1 Å². The van der Waals surface area contributed by atoms with Gasteiger partial charge < -0.3 is 9.73 Å². The minimum absolute atomic E-state index is 0.139. The summed E-state index contributed by atoms with van der Waals surface area (Å²) in [6, 6.07) is 14.5. The van der Waals surface area contributed by atoms with Crippen LogP contribution in [0.15, 0.2) is 63.8 Å². The monoisotopic (exact) mass is 358 g/mol. The summed E-state index contributed by atoms with van der Waals surface area (Å²) in [5.74, 6) is -0.643. The highest BCUT2D eigenvalue weighted by molar-refractivity contribution is 7.92. The van der Waals surface area contributed by atoms with E-state index in [1.54, 1.807) is 42.5 Å². The highest BCUT2D eigenvalue weighted by Gasteiger charge is 2.14. The van der Waals surface area contributed by atoms with E-state index < -0.39 is 21.6 Å². The number of nitrogens with one attached hydrogen (secondary N) is 2. The van der Waals surface area contributed by atoms with E-state index in [0.29, 0.717) is 22.3 Å². The first-order valence-corrected chi connectivity index (χ1v) is 9.13. The largest absolute Gasteiger partial charge is 0.422 e. The zero-order valence-electron chi connectivity index (χ0n) is 13.1. The normalized spacial score (nSPS) is 11.2. The quantitative estimate of drug-likeness (QED) is 0.697. The van der Waals surface area contributed by atoms with Crippen LogP contribution >= 0.6 is 0 Å². The van der Waals surface area contributed by atoms with Crippen LogP contribution in [0, 0.1) is 0 Å². The Hall–Kier alpha value is -3.13. The van der Waals surface area contributed by atoms with E-state index >= 15 is 0 Å². The third-order valence-corrected chi connectivity index (χ3v) is 3.92. The molecule has 1 aromatic heterocycles. The summed E-state index contributed by atoms with van der Waals surface area (Å²) < 4.78 is 30.0. The number of carbonyl (C=O) groups excluding carboxylic acids is 1. The molecule has 3 aromatic rings. The van der Waals surface area contributed by atoms with Gasteiger partial charge in [-0.25, -0.2) is 13.2 Å². The lowest BCUT2D eigenvalue weighted by Crippen LogP contribution is -2.20. The molecule has 0 saturated carbocycles. The lowest BCUT2D eigenvalue weighted by atomic mass is 10.1. The van der Waals surface area contributed by atoms with Crippen LogP contribution in [-0.4, -0.2) is 20.6 Å². The van der Waals surface area contributed by atoms with Crippen LogP contribution in [0.25, 0.3) is 11.0 Å². The van der Waals surface area contributed by atoms with Gasteiger partial charge in [0.25, 0.3) is 5.91 Å². The Balaban J connectivity index is 1.89. The molecule has 1 amide bonds. The minimum atomic E-state index is -3.43. The Kier molecular flexibility index (Phi) is 4.28. The van der Waals surface area contributed by atoms with Gasteiger partial charge in [0.2, 0.25) is 10.0 Å². The lowest BCUT2D eigenvalue weighted by molar-refractivity contribution is 0.102. The van der Waals surface area contributed by atoms with Gasteiger partial charge in [0, 0.05) is 11.1 Å². The number of sulfonamides is 1. The first-order valence-electron chi connectivity index (χ1n) is 7.24. The Morgan fingerprint density at radius 1 is 1.00 bits per heavy atom. The molecule has 7 nitrogen and oxygen atoms in total. The van der Waals surface area contributed by atoms with Crippen molar-refractivity contribution >= 4 is 38.3 Å². The summed E-state index contributed by atoms with van der Waals surface area (Å²) in [6.07, 6.45) is 1.03. The molecule has 0 spiro atoms. The average molecular weight is 358 g/mol. The van der Waals surface area contributed by atoms with Crippen molar-refractivity contribution in [3.8, 4) is 0 Å². The predicted octanol–water partition coefficient (Wildman–Crippen LogP) is 2.42. The zero-order chi connectivity index (χ0) is 18.0. The first kappa shape index (κ1) is 16.7. The van der Waals surface area contributed by atoms with Gasteiger partial charge in [0.05, 0.1) is 11.9 Å². The van der Waals surface area contributed by atoms with Gasteiger partial charge in [0.15, 0.2) is 0 Å². The second-order valence-electron chi connectivity index (χ2n) is 5.39. The van der Waals surface area contributed by atoms with E-state index in [1.807, 2.05) is 0 Å². The molecule has 0 fully saturated rings. The molecular formula is C17H14N2O5S. The molecule has 2 aromatic carbocycles. The summed E-state index contributed by atoms with van der Waals surface area (Å²) >= 11 is 0. The summed E-state index contributed by atoms with van der Waals surface area (Å²) in [5, 5.41) is 3.18. The Morgan fingerprint density at radius 2 is 1.72 bits per heavy atom. The Bertz CT molecular complexity index is 1120. The van der Waals surface area contributed by atoms with E-state index in [1.165, 1.54) is 12.1 Å². The zero-order valence-corrected chi connectivity index (χ0v) is 14.0. The Labute approximate surface area is 143 Å². The predicted molar refractivity (Wildman–Crippen MR) is 95.3 cm³/mol. The summed E-state index contributed by atoms with van der Waals surface area (Å²) in [5.41, 5.74) is 0.141. The summed E-state index contributed by atoms with van der Waals surface area (Å²) in [4.78, 5) is 24.4. The highest BCUT2D eigenvalue weighted by atomic mass is 32.2. The summed E-state index contributed by atoms with van der Waals surface area (Å²) in [7, 11) is -3.43. The molecule has 128 valence electrons. The molecular weight excluding hydrogens is 344 g/mol. The molecule has 0 aliphatic carbocycles. The maximum Gasteiger partial charge on any atom is 0.349 e. The van der Waals surface area contributed by atoms with Gasteiger partial charge in [-0.1, -0.05) is 24.3 Å². The Morgan fingerprint density at radius 3 is 2.48 bits per heavy atom. The first-order chi connectivity index (χ1) is 11.8. The molecule has 8 heteroatoms. The van der Waals surface area contributed by atoms with Crippen molar-refractivity contribution in [1.82, 2.24) is 0 Å². The fraction of sp³-hybridized carbons (Fsp3) is 0.0588. The second kappa shape index (κ2) is 6.40. The maximum absolute atomic E-state index is 12.4. The number of fused-ring (bicyclic) bond motifs is 1. The maximum atomic E-state index is 12.4. The number of anilines is 2. The standard InChI is InChI=1S/C17H14N2O5S/c1-25(22,23)19-13-7-4-6-12(10-13)18-16(20)14-9-11-5-2-3-8-15(11)24-17(14)21/h2-10,19H,1H3,(H,18,20). The van der Waals surface area contributed by atoms with E-state index in [9.17, 15) is 18.0 Å². The van der Waals surface area contributed by atoms with Gasteiger partial charge in [-0.2, -0.15) is 0 Å². The molecule has 2 N–H and O–H groups in total. The lowest BCUT2D eigenvalue weighted by Gasteiger charge is -2.08. The molecule has 0 saturated heterocycles. The van der Waals surface area contributed by atoms with Crippen molar-refractivity contribution in [1.29, 1.82) is 0 Å². The van der Waals surface area contributed by atoms with Gasteiger partial charge in [-0.05, 0) is 30.3 Å². The fourth-order valence-corrected chi connectivity index (χ4v) is 2.85. The molecule has 0 unspecified atom stereocenters. The van der Waals surface area contributed by atoms with Crippen LogP contribution in [-0.2, 0) is 10.0 Å². The van der Waals surface area contributed by atoms with Crippen LogP contribution in [0.2, 0.25) is 0 Å². The van der Waals surface area contributed by atoms with Crippen LogP contribution in [0.4, 0.5) is 11.4 Å². The highest BCUT2D eigenvalue weighted by Crippen LogP contribution is 2.18. The average Bonchev–Trinajstić information content (AvgIpc) is 2.52. The van der Waals surface area contributed by atoms with Crippen molar-refractivity contribution in [2.24, 2.45) is 0 Å². The van der Waals surface area contributed by atoms with Gasteiger partial charge in [-0.3, -0.25) is 9.52 Å². The van der Waals surface area contributed by atoms with E-state index in [2.05, 4.69) is 10.0 Å². The van der Waals surface area contributed by atoms with Crippen molar-refractivity contribution in [2.75, 3.05) is 16.3 Å². The van der Waals surface area contributed by atoms with E-state index in [0.717, 1.165) is 6.26 Å². The number of benzene rings is 2. The van der Waals surface area contributed by atoms with Crippen LogP contribution in [0.1, 0.15) is 10.4 Å². The van der Waals surface area contributed by atoms with Crippen LogP contribution in [0.5, 0.6) is 0 Å².